The molecule has 5 nitrogen and oxygen atoms in total. The van der Waals surface area contributed by atoms with Crippen molar-refractivity contribution >= 4 is 11.9 Å². The Hall–Kier alpha value is -2.21. The highest BCUT2D eigenvalue weighted by atomic mass is 79.9. The first-order chi connectivity index (χ1) is 13.8. The minimum atomic E-state index is -0.474. The Balaban J connectivity index is 0.00000320. The fourth-order valence-corrected chi connectivity index (χ4v) is 4.27. The summed E-state index contributed by atoms with van der Waals surface area (Å²) >= 11 is 0. The lowest BCUT2D eigenvalue weighted by Gasteiger charge is -2.36. The molecular weight excluding hydrogens is 444 g/mol. The molecule has 6 heteroatoms. The van der Waals surface area contributed by atoms with Crippen LogP contribution in [0.25, 0.3) is 0 Å². The number of halogens is 1. The zero-order valence-electron chi connectivity index (χ0n) is 17.9. The topological polar surface area (TPSA) is 73.3 Å². The predicted octanol–water partition coefficient (Wildman–Crippen LogP) is 0.743. The number of pyridine rings is 1. The second kappa shape index (κ2) is 10.7. The predicted molar refractivity (Wildman–Crippen MR) is 111 cm³/mol. The summed E-state index contributed by atoms with van der Waals surface area (Å²) in [5.74, 6) is 0.729. The minimum Gasteiger partial charge on any atom is -1.00 e. The largest absolute Gasteiger partial charge is 1.00 e. The maximum atomic E-state index is 13.1. The van der Waals surface area contributed by atoms with Crippen molar-refractivity contribution in [3.63, 3.8) is 0 Å². The van der Waals surface area contributed by atoms with Crippen LogP contribution in [0.2, 0.25) is 0 Å². The van der Waals surface area contributed by atoms with E-state index in [1.807, 2.05) is 35.0 Å². The van der Waals surface area contributed by atoms with Crippen molar-refractivity contribution in [3.8, 4) is 0 Å². The van der Waals surface area contributed by atoms with Crippen molar-refractivity contribution in [1.82, 2.24) is 0 Å². The molecule has 30 heavy (non-hydrogen) atoms. The normalized spacial score (nSPS) is 21.0. The van der Waals surface area contributed by atoms with Gasteiger partial charge in [0.1, 0.15) is 11.7 Å². The van der Waals surface area contributed by atoms with Crippen molar-refractivity contribution in [2.45, 2.75) is 52.7 Å². The summed E-state index contributed by atoms with van der Waals surface area (Å²) < 4.78 is 7.89. The zero-order valence-corrected chi connectivity index (χ0v) is 19.5. The number of hydrogen-bond donors (Lipinski definition) is 1. The molecule has 0 spiro atoms. The average Bonchev–Trinajstić information content (AvgIpc) is 2.68. The van der Waals surface area contributed by atoms with Gasteiger partial charge in [-0.2, -0.15) is 4.57 Å². The number of ether oxygens (including phenoxy) is 1. The number of primary amides is 1. The summed E-state index contributed by atoms with van der Waals surface area (Å²) in [5, 5.41) is 0. The van der Waals surface area contributed by atoms with Crippen LogP contribution in [0.4, 0.5) is 0 Å². The summed E-state index contributed by atoms with van der Waals surface area (Å²) in [6, 6.07) is 10.9. The summed E-state index contributed by atoms with van der Waals surface area (Å²) in [6.07, 6.45) is 6.74. The SMILES string of the molecule is CC1CCC(C(C)C)C(OC(=O)c2ccccc2C[n+]2cccc(C(N)=O)c2)C1.[Br-]. The van der Waals surface area contributed by atoms with Gasteiger partial charge >= 0.3 is 5.97 Å². The summed E-state index contributed by atoms with van der Waals surface area (Å²) in [7, 11) is 0. The number of amides is 1. The van der Waals surface area contributed by atoms with Gasteiger partial charge < -0.3 is 27.5 Å². The van der Waals surface area contributed by atoms with Gasteiger partial charge in [0.05, 0.1) is 5.56 Å². The third-order valence-corrected chi connectivity index (χ3v) is 5.95. The molecule has 3 atom stereocenters. The van der Waals surface area contributed by atoms with E-state index in [1.54, 1.807) is 18.3 Å². The van der Waals surface area contributed by atoms with Gasteiger partial charge in [-0.05, 0) is 42.7 Å². The quantitative estimate of drug-likeness (QED) is 0.495. The Morgan fingerprint density at radius 3 is 2.60 bits per heavy atom. The number of benzene rings is 1. The van der Waals surface area contributed by atoms with E-state index in [0.29, 0.717) is 35.4 Å². The van der Waals surface area contributed by atoms with Crippen LogP contribution >= 0.6 is 0 Å². The molecule has 1 amide bonds. The Morgan fingerprint density at radius 1 is 1.17 bits per heavy atom. The Morgan fingerprint density at radius 2 is 1.90 bits per heavy atom. The highest BCUT2D eigenvalue weighted by molar-refractivity contribution is 5.92. The van der Waals surface area contributed by atoms with Gasteiger partial charge in [0.2, 0.25) is 0 Å². The minimum absolute atomic E-state index is 0. The van der Waals surface area contributed by atoms with Crippen molar-refractivity contribution < 1.29 is 35.9 Å². The second-order valence-corrected chi connectivity index (χ2v) is 8.56. The zero-order chi connectivity index (χ0) is 21.0. The van der Waals surface area contributed by atoms with Crippen molar-refractivity contribution in [1.29, 1.82) is 0 Å². The van der Waals surface area contributed by atoms with E-state index in [4.69, 9.17) is 10.5 Å². The van der Waals surface area contributed by atoms with Crippen LogP contribution in [0.5, 0.6) is 0 Å². The van der Waals surface area contributed by atoms with Crippen LogP contribution in [0.1, 0.15) is 66.3 Å². The molecule has 2 N–H and O–H groups in total. The average molecular weight is 475 g/mol. The Bertz CT molecular complexity index is 884. The number of carbonyl (C=O) groups excluding carboxylic acids is 2. The molecule has 3 rings (SSSR count). The molecule has 1 saturated carbocycles. The summed E-state index contributed by atoms with van der Waals surface area (Å²) in [6.45, 7) is 7.10. The molecule has 0 saturated heterocycles. The number of nitrogens with two attached hydrogens (primary N) is 1. The number of hydrogen-bond acceptors (Lipinski definition) is 3. The lowest BCUT2D eigenvalue weighted by molar-refractivity contribution is -0.688. The lowest BCUT2D eigenvalue weighted by Crippen LogP contribution is -3.00. The number of rotatable bonds is 6. The van der Waals surface area contributed by atoms with Crippen LogP contribution in [0, 0.1) is 17.8 Å². The van der Waals surface area contributed by atoms with E-state index < -0.39 is 5.91 Å². The van der Waals surface area contributed by atoms with Crippen LogP contribution in [0.3, 0.4) is 0 Å². The Kier molecular flexibility index (Phi) is 8.59. The van der Waals surface area contributed by atoms with Crippen molar-refractivity contribution in [3.05, 3.63) is 65.5 Å². The number of nitrogens with zero attached hydrogens (tertiary/aromatic N) is 1. The van der Waals surface area contributed by atoms with Gasteiger partial charge in [0.15, 0.2) is 18.9 Å². The van der Waals surface area contributed by atoms with Crippen LogP contribution < -0.4 is 27.3 Å². The molecule has 1 aliphatic rings. The first-order valence-electron chi connectivity index (χ1n) is 10.4. The van der Waals surface area contributed by atoms with Gasteiger partial charge in [-0.15, -0.1) is 0 Å². The maximum Gasteiger partial charge on any atom is 0.338 e. The van der Waals surface area contributed by atoms with E-state index in [9.17, 15) is 9.59 Å². The molecule has 0 aliphatic heterocycles. The van der Waals surface area contributed by atoms with Gasteiger partial charge in [-0.3, -0.25) is 4.79 Å². The smallest absolute Gasteiger partial charge is 0.338 e. The summed E-state index contributed by atoms with van der Waals surface area (Å²) in [5.41, 5.74) is 7.24. The monoisotopic (exact) mass is 474 g/mol. The highest BCUT2D eigenvalue weighted by Crippen LogP contribution is 2.35. The van der Waals surface area contributed by atoms with Gasteiger partial charge in [-0.25, -0.2) is 4.79 Å². The third-order valence-electron chi connectivity index (χ3n) is 5.95. The molecule has 1 fully saturated rings. The second-order valence-electron chi connectivity index (χ2n) is 8.56. The van der Waals surface area contributed by atoms with E-state index >= 15 is 0 Å². The molecule has 162 valence electrons. The van der Waals surface area contributed by atoms with Gasteiger partial charge in [0, 0.05) is 11.6 Å². The molecule has 0 bridgehead atoms. The third kappa shape index (κ3) is 5.91. The van der Waals surface area contributed by atoms with E-state index in [-0.39, 0.29) is 29.1 Å². The first-order valence-corrected chi connectivity index (χ1v) is 10.4. The fraction of sp³-hybridized carbons (Fsp3) is 0.458. The molecule has 1 heterocycles. The van der Waals surface area contributed by atoms with E-state index in [0.717, 1.165) is 18.4 Å². The first kappa shape index (κ1) is 24.1. The van der Waals surface area contributed by atoms with Crippen LogP contribution in [-0.4, -0.2) is 18.0 Å². The van der Waals surface area contributed by atoms with Crippen LogP contribution in [0.15, 0.2) is 48.8 Å². The Labute approximate surface area is 189 Å². The highest BCUT2D eigenvalue weighted by Gasteiger charge is 2.34. The molecule has 2 aromatic rings. The number of esters is 1. The number of aromatic nitrogens is 1. The number of carbonyl (C=O) groups is 2. The lowest BCUT2D eigenvalue weighted by atomic mass is 9.75. The van der Waals surface area contributed by atoms with Crippen molar-refractivity contribution in [2.24, 2.45) is 23.5 Å². The molecule has 0 radical (unpaired) electrons. The van der Waals surface area contributed by atoms with E-state index in [2.05, 4.69) is 20.8 Å². The van der Waals surface area contributed by atoms with Gasteiger partial charge in [0.25, 0.3) is 5.91 Å². The maximum absolute atomic E-state index is 13.1. The molecule has 1 aromatic carbocycles. The van der Waals surface area contributed by atoms with Crippen molar-refractivity contribution in [2.75, 3.05) is 0 Å². The molecular formula is C24H31BrN2O3. The van der Waals surface area contributed by atoms with Gasteiger partial charge in [-0.1, -0.05) is 45.4 Å². The fourth-order valence-electron chi connectivity index (χ4n) is 4.27. The van der Waals surface area contributed by atoms with E-state index in [1.165, 1.54) is 6.42 Å². The molecule has 1 aromatic heterocycles. The molecule has 3 unspecified atom stereocenters. The van der Waals surface area contributed by atoms with Crippen LogP contribution in [-0.2, 0) is 11.3 Å². The summed E-state index contributed by atoms with van der Waals surface area (Å²) in [4.78, 5) is 24.5. The molecule has 1 aliphatic carbocycles. The standard InChI is InChI=1S/C24H30N2O3.BrH/c1-16(2)20-11-10-17(3)13-22(20)29-24(28)21-9-5-4-7-18(21)14-26-12-6-8-19(15-26)23(25)27;/h4-9,12,15-17,20,22H,10-11,13-14H2,1-3H3,(H-,25,27);1H.